The van der Waals surface area contributed by atoms with E-state index in [1.807, 2.05) is 0 Å². The molecule has 2 aromatic carbocycles. The van der Waals surface area contributed by atoms with E-state index in [4.69, 9.17) is 9.47 Å². The molecule has 0 saturated carbocycles. The van der Waals surface area contributed by atoms with E-state index in [1.54, 1.807) is 31.2 Å². The van der Waals surface area contributed by atoms with Crippen molar-refractivity contribution in [3.63, 3.8) is 0 Å². The number of methoxy groups -OCH3 is 1. The molecule has 0 saturated heterocycles. The van der Waals surface area contributed by atoms with Crippen LogP contribution in [-0.2, 0) is 14.8 Å². The molecule has 0 unspecified atom stereocenters. The van der Waals surface area contributed by atoms with Gasteiger partial charge >= 0.3 is 6.09 Å². The molecular weight excluding hydrogens is 332 g/mol. The van der Waals surface area contributed by atoms with Gasteiger partial charge in [-0.3, -0.25) is 10.0 Å². The quantitative estimate of drug-likeness (QED) is 0.835. The molecule has 2 rings (SSSR count). The van der Waals surface area contributed by atoms with Crippen molar-refractivity contribution in [2.75, 3.05) is 23.8 Å². The van der Waals surface area contributed by atoms with Crippen molar-refractivity contribution in [2.45, 2.75) is 11.8 Å². The van der Waals surface area contributed by atoms with Gasteiger partial charge in [0.15, 0.2) is 0 Å². The summed E-state index contributed by atoms with van der Waals surface area (Å²) in [6.45, 7) is 1.94. The summed E-state index contributed by atoms with van der Waals surface area (Å²) >= 11 is 0. The molecule has 0 heterocycles. The fourth-order valence-corrected chi connectivity index (χ4v) is 3.01. The smallest absolute Gasteiger partial charge is 0.411 e. The zero-order chi connectivity index (χ0) is 17.6. The molecule has 2 aromatic rings. The van der Waals surface area contributed by atoms with E-state index in [-0.39, 0.29) is 11.5 Å². The van der Waals surface area contributed by atoms with Crippen molar-refractivity contribution in [1.29, 1.82) is 0 Å². The first-order valence-corrected chi connectivity index (χ1v) is 8.64. The average molecular weight is 350 g/mol. The summed E-state index contributed by atoms with van der Waals surface area (Å²) in [5, 5.41) is 2.49. The fourth-order valence-electron chi connectivity index (χ4n) is 1.94. The molecule has 7 nitrogen and oxygen atoms in total. The largest absolute Gasteiger partial charge is 0.495 e. The molecule has 0 fully saturated rings. The lowest BCUT2D eigenvalue weighted by Gasteiger charge is -2.12. The monoisotopic (exact) mass is 350 g/mol. The van der Waals surface area contributed by atoms with E-state index in [1.165, 1.54) is 31.4 Å². The summed E-state index contributed by atoms with van der Waals surface area (Å²) in [6, 6.07) is 12.4. The standard InChI is InChI=1S/C16H18N2O5S/c1-3-23-16(19)17-12-8-10-13(11-9-12)24(20,21)18-14-6-4-5-7-15(14)22-2/h4-11,18H,3H2,1-2H3,(H,17,19). The minimum atomic E-state index is -3.78. The van der Waals surface area contributed by atoms with E-state index in [0.29, 0.717) is 17.1 Å². The molecule has 2 N–H and O–H groups in total. The maximum Gasteiger partial charge on any atom is 0.411 e. The second kappa shape index (κ2) is 7.69. The molecule has 0 atom stereocenters. The summed E-state index contributed by atoms with van der Waals surface area (Å²) in [5.41, 5.74) is 0.776. The van der Waals surface area contributed by atoms with Gasteiger partial charge in [-0.25, -0.2) is 13.2 Å². The van der Waals surface area contributed by atoms with E-state index >= 15 is 0 Å². The predicted molar refractivity (Wildman–Crippen MR) is 90.9 cm³/mol. The van der Waals surface area contributed by atoms with Crippen LogP contribution in [0.5, 0.6) is 5.75 Å². The molecular formula is C16H18N2O5S. The topological polar surface area (TPSA) is 93.7 Å². The summed E-state index contributed by atoms with van der Waals surface area (Å²) in [4.78, 5) is 11.4. The Kier molecular flexibility index (Phi) is 5.64. The number of para-hydroxylation sites is 2. The van der Waals surface area contributed by atoms with Crippen LogP contribution >= 0.6 is 0 Å². The third-order valence-electron chi connectivity index (χ3n) is 3.04. The Morgan fingerprint density at radius 3 is 2.38 bits per heavy atom. The summed E-state index contributed by atoms with van der Waals surface area (Å²) < 4.78 is 37.2. The van der Waals surface area contributed by atoms with Gasteiger partial charge in [0.2, 0.25) is 0 Å². The molecule has 0 spiro atoms. The highest BCUT2D eigenvalue weighted by Crippen LogP contribution is 2.26. The normalized spacial score (nSPS) is 10.8. The Labute approximate surface area is 140 Å². The van der Waals surface area contributed by atoms with Gasteiger partial charge in [0.25, 0.3) is 10.0 Å². The van der Waals surface area contributed by atoms with E-state index in [2.05, 4.69) is 10.0 Å². The van der Waals surface area contributed by atoms with E-state index in [0.717, 1.165) is 0 Å². The lowest BCUT2D eigenvalue weighted by molar-refractivity contribution is 0.168. The summed E-state index contributed by atoms with van der Waals surface area (Å²) in [5.74, 6) is 0.418. The third-order valence-corrected chi connectivity index (χ3v) is 4.42. The van der Waals surface area contributed by atoms with Crippen molar-refractivity contribution < 1.29 is 22.7 Å². The molecule has 0 aliphatic heterocycles. The highest BCUT2D eigenvalue weighted by atomic mass is 32.2. The number of nitrogens with one attached hydrogen (secondary N) is 2. The number of sulfonamides is 1. The third kappa shape index (κ3) is 4.39. The molecule has 0 aromatic heterocycles. The van der Waals surface area contributed by atoms with Crippen molar-refractivity contribution in [3.05, 3.63) is 48.5 Å². The second-order valence-corrected chi connectivity index (χ2v) is 6.36. The lowest BCUT2D eigenvalue weighted by Crippen LogP contribution is -2.15. The minimum absolute atomic E-state index is 0.0582. The van der Waals surface area contributed by atoms with Crippen LogP contribution in [0.4, 0.5) is 16.2 Å². The van der Waals surface area contributed by atoms with Crippen LogP contribution in [0.25, 0.3) is 0 Å². The molecule has 8 heteroatoms. The van der Waals surface area contributed by atoms with Gasteiger partial charge < -0.3 is 9.47 Å². The number of hydrogen-bond donors (Lipinski definition) is 2. The average Bonchev–Trinajstić information content (AvgIpc) is 2.55. The van der Waals surface area contributed by atoms with Gasteiger partial charge in [-0.15, -0.1) is 0 Å². The van der Waals surface area contributed by atoms with Crippen LogP contribution in [0.15, 0.2) is 53.4 Å². The minimum Gasteiger partial charge on any atom is -0.495 e. The Balaban J connectivity index is 2.16. The van der Waals surface area contributed by atoms with Crippen molar-refractivity contribution in [2.24, 2.45) is 0 Å². The lowest BCUT2D eigenvalue weighted by atomic mass is 10.3. The number of hydrogen-bond acceptors (Lipinski definition) is 5. The maximum absolute atomic E-state index is 12.4. The molecule has 0 aliphatic carbocycles. The number of rotatable bonds is 6. The van der Waals surface area contributed by atoms with Gasteiger partial charge in [-0.05, 0) is 43.3 Å². The highest BCUT2D eigenvalue weighted by Gasteiger charge is 2.16. The van der Waals surface area contributed by atoms with Crippen LogP contribution in [0, 0.1) is 0 Å². The Morgan fingerprint density at radius 1 is 1.08 bits per heavy atom. The highest BCUT2D eigenvalue weighted by molar-refractivity contribution is 7.92. The van der Waals surface area contributed by atoms with Crippen molar-refractivity contribution in [1.82, 2.24) is 0 Å². The molecule has 1 amide bonds. The van der Waals surface area contributed by atoms with Crippen molar-refractivity contribution in [3.8, 4) is 5.75 Å². The molecule has 0 bridgehead atoms. The fraction of sp³-hybridized carbons (Fsp3) is 0.188. The zero-order valence-corrected chi connectivity index (χ0v) is 14.1. The van der Waals surface area contributed by atoms with Gasteiger partial charge in [0.1, 0.15) is 5.75 Å². The predicted octanol–water partition coefficient (Wildman–Crippen LogP) is 3.06. The first kappa shape index (κ1) is 17.6. The maximum atomic E-state index is 12.4. The van der Waals surface area contributed by atoms with Crippen LogP contribution < -0.4 is 14.8 Å². The van der Waals surface area contributed by atoms with E-state index < -0.39 is 16.1 Å². The first-order chi connectivity index (χ1) is 11.5. The van der Waals surface area contributed by atoms with Crippen molar-refractivity contribution >= 4 is 27.5 Å². The zero-order valence-electron chi connectivity index (χ0n) is 13.3. The number of carbonyl (C=O) groups excluding carboxylic acids is 1. The van der Waals surface area contributed by atoms with Crippen LogP contribution in [0.2, 0.25) is 0 Å². The number of benzene rings is 2. The van der Waals surface area contributed by atoms with Gasteiger partial charge in [0.05, 0.1) is 24.3 Å². The molecule has 128 valence electrons. The number of amides is 1. The number of anilines is 2. The Bertz CT molecular complexity index is 803. The SMILES string of the molecule is CCOC(=O)Nc1ccc(S(=O)(=O)Nc2ccccc2OC)cc1. The van der Waals surface area contributed by atoms with Gasteiger partial charge in [-0.1, -0.05) is 12.1 Å². The summed E-state index contributed by atoms with van der Waals surface area (Å²) in [6.07, 6.45) is -0.597. The molecule has 0 radical (unpaired) electrons. The second-order valence-electron chi connectivity index (χ2n) is 4.68. The van der Waals surface area contributed by atoms with Gasteiger partial charge in [-0.2, -0.15) is 0 Å². The number of ether oxygens (including phenoxy) is 2. The van der Waals surface area contributed by atoms with Crippen LogP contribution in [0.1, 0.15) is 6.92 Å². The van der Waals surface area contributed by atoms with Crippen LogP contribution in [-0.4, -0.2) is 28.2 Å². The number of carbonyl (C=O) groups is 1. The van der Waals surface area contributed by atoms with Gasteiger partial charge in [0, 0.05) is 5.69 Å². The summed E-state index contributed by atoms with van der Waals surface area (Å²) in [7, 11) is -2.31. The van der Waals surface area contributed by atoms with Crippen LogP contribution in [0.3, 0.4) is 0 Å². The van der Waals surface area contributed by atoms with E-state index in [9.17, 15) is 13.2 Å². The Hall–Kier alpha value is -2.74. The molecule has 0 aliphatic rings. The Morgan fingerprint density at radius 2 is 1.75 bits per heavy atom. The first-order valence-electron chi connectivity index (χ1n) is 7.16. The molecule has 24 heavy (non-hydrogen) atoms.